The lowest BCUT2D eigenvalue weighted by Crippen LogP contribution is -2.76. The summed E-state index contributed by atoms with van der Waals surface area (Å²) in [5, 5.41) is 22.3. The first-order chi connectivity index (χ1) is 12.0. The van der Waals surface area contributed by atoms with E-state index in [1.807, 2.05) is 6.07 Å². The number of phenolic OH excluding ortho intramolecular Hbond substituents is 1. The molecule has 7 heteroatoms. The molecule has 3 aliphatic carbocycles. The highest BCUT2D eigenvalue weighted by molar-refractivity contribution is 5.90. The Kier molecular flexibility index (Phi) is 4.10. The van der Waals surface area contributed by atoms with Crippen molar-refractivity contribution in [2.75, 3.05) is 13.1 Å². The number of likely N-dealkylation sites (tertiary alicyclic amines) is 1. The van der Waals surface area contributed by atoms with E-state index >= 15 is 0 Å². The van der Waals surface area contributed by atoms with Gasteiger partial charge < -0.3 is 20.4 Å². The predicted octanol–water partition coefficient (Wildman–Crippen LogP) is 1.12. The van der Waals surface area contributed by atoms with Crippen molar-refractivity contribution >= 4 is 18.2 Å². The monoisotopic (exact) mass is 395 g/mol. The zero-order valence-electron chi connectivity index (χ0n) is 15.1. The van der Waals surface area contributed by atoms with E-state index in [9.17, 15) is 15.0 Å². The molecule has 2 aliphatic heterocycles. The number of hydrogen-bond acceptors (Lipinski definition) is 5. The fourth-order valence-corrected chi connectivity index (χ4v) is 6.26. The van der Waals surface area contributed by atoms with Gasteiger partial charge in [0.15, 0.2) is 23.4 Å². The summed E-state index contributed by atoms with van der Waals surface area (Å²) in [6.45, 7) is 1.95. The van der Waals surface area contributed by atoms with Crippen LogP contribution in [0.4, 0.5) is 0 Å². The minimum Gasteiger partial charge on any atom is -0.504 e. The minimum atomic E-state index is -0.940. The van der Waals surface area contributed by atoms with Crippen LogP contribution in [0.3, 0.4) is 0 Å². The van der Waals surface area contributed by atoms with E-state index in [4.69, 9.17) is 4.74 Å². The number of aliphatic hydroxyl groups is 1. The maximum absolute atomic E-state index is 12.7. The molecule has 2 heterocycles. The summed E-state index contributed by atoms with van der Waals surface area (Å²) in [4.78, 5) is 15.2. The Hall–Kier alpha value is -1.34. The van der Waals surface area contributed by atoms with E-state index in [-0.39, 0.29) is 35.5 Å². The number of piperidine rings is 1. The molecule has 3 fully saturated rings. The Bertz CT molecular complexity index is 812. The Morgan fingerprint density at radius 3 is 2.78 bits per heavy atom. The number of benzene rings is 1. The maximum Gasteiger partial charge on any atom is 0.174 e. The molecule has 6 rings (SSSR count). The summed E-state index contributed by atoms with van der Waals surface area (Å²) in [5.74, 6) is 1.39. The van der Waals surface area contributed by atoms with Crippen molar-refractivity contribution in [3.05, 3.63) is 23.3 Å². The molecular weight excluding hydrogens is 370 g/mol. The van der Waals surface area contributed by atoms with Crippen LogP contribution in [0.15, 0.2) is 12.1 Å². The fraction of sp³-hybridized carbons (Fsp3) is 0.650. The van der Waals surface area contributed by atoms with Gasteiger partial charge in [0, 0.05) is 24.6 Å². The van der Waals surface area contributed by atoms with Gasteiger partial charge in [-0.25, -0.2) is 0 Å². The van der Waals surface area contributed by atoms with Crippen molar-refractivity contribution in [2.45, 2.75) is 61.7 Å². The molecule has 1 saturated heterocycles. The highest BCUT2D eigenvalue weighted by atomic mass is 35.5. The van der Waals surface area contributed by atoms with Crippen molar-refractivity contribution in [3.63, 3.8) is 0 Å². The number of rotatable bonds is 2. The Labute approximate surface area is 164 Å². The van der Waals surface area contributed by atoms with Crippen LogP contribution in [-0.4, -0.2) is 57.2 Å². The van der Waals surface area contributed by atoms with Crippen LogP contribution in [0.5, 0.6) is 11.5 Å². The van der Waals surface area contributed by atoms with Crippen molar-refractivity contribution in [3.8, 4) is 11.5 Å². The number of aromatic hydroxyl groups is 1. The van der Waals surface area contributed by atoms with Gasteiger partial charge in [-0.1, -0.05) is 6.07 Å². The minimum absolute atomic E-state index is 0. The number of phenols is 1. The molecule has 148 valence electrons. The Balaban J connectivity index is 0.000000900. The third-order valence-corrected chi connectivity index (χ3v) is 7.56. The smallest absolute Gasteiger partial charge is 0.174 e. The standard InChI is InChI=1S/C20H23NO4.ClH.H2O/c22-13-4-3-12-9-15-20(24)6-5-14(23)18-19(20,16(12)17(13)25-18)7-8-21(15)10-11-1-2-11;;/h3-4,11,15,18,22,24H,1-2,5-10H2;1H;1H2/t15-,18+,19+,20-;;/m1../s1. The lowest BCUT2D eigenvalue weighted by molar-refractivity contribution is -0.188. The molecule has 1 spiro atoms. The van der Waals surface area contributed by atoms with Gasteiger partial charge in [0.1, 0.15) is 0 Å². The maximum atomic E-state index is 12.7. The van der Waals surface area contributed by atoms with E-state index in [0.29, 0.717) is 18.6 Å². The van der Waals surface area contributed by atoms with Crippen molar-refractivity contribution in [1.82, 2.24) is 4.90 Å². The number of carbonyl (C=O) groups excluding carboxylic acids is 1. The molecule has 1 aromatic rings. The van der Waals surface area contributed by atoms with Gasteiger partial charge in [-0.3, -0.25) is 9.69 Å². The van der Waals surface area contributed by atoms with Crippen molar-refractivity contribution in [1.29, 1.82) is 0 Å². The average molecular weight is 396 g/mol. The SMILES string of the molecule is Cl.O.O=C1CC[C@@]2(O)[C@H]3Cc4ccc(O)c5c4[C@@]2(CCN3CC2CC2)[C@H]1O5. The number of halogens is 1. The van der Waals surface area contributed by atoms with Crippen molar-refractivity contribution in [2.24, 2.45) is 5.92 Å². The summed E-state index contributed by atoms with van der Waals surface area (Å²) < 4.78 is 6.04. The molecule has 0 amide bonds. The van der Waals surface area contributed by atoms with E-state index in [1.54, 1.807) is 6.07 Å². The second-order valence-electron chi connectivity index (χ2n) is 8.72. The summed E-state index contributed by atoms with van der Waals surface area (Å²) in [5.41, 5.74) is 0.454. The highest BCUT2D eigenvalue weighted by Gasteiger charge is 2.73. The first-order valence-electron chi connectivity index (χ1n) is 9.56. The third-order valence-electron chi connectivity index (χ3n) is 7.56. The molecule has 27 heavy (non-hydrogen) atoms. The van der Waals surface area contributed by atoms with Crippen LogP contribution in [0, 0.1) is 5.92 Å². The molecule has 4 N–H and O–H groups in total. The quantitative estimate of drug-likeness (QED) is 0.781. The van der Waals surface area contributed by atoms with Gasteiger partial charge in [0.2, 0.25) is 0 Å². The summed E-state index contributed by atoms with van der Waals surface area (Å²) in [7, 11) is 0. The summed E-state index contributed by atoms with van der Waals surface area (Å²) in [6.07, 6.45) is 4.33. The zero-order chi connectivity index (χ0) is 17.0. The molecule has 2 saturated carbocycles. The molecule has 0 radical (unpaired) electrons. The Morgan fingerprint density at radius 1 is 1.26 bits per heavy atom. The zero-order valence-corrected chi connectivity index (χ0v) is 15.9. The molecule has 1 aromatic carbocycles. The molecule has 0 unspecified atom stereocenters. The Morgan fingerprint density at radius 2 is 2.04 bits per heavy atom. The number of Topliss-reactive ketones (excluding diaryl/α,β-unsaturated/α-hetero) is 1. The van der Waals surface area contributed by atoms with E-state index < -0.39 is 17.1 Å². The lowest BCUT2D eigenvalue weighted by Gasteiger charge is -2.62. The second kappa shape index (κ2) is 5.83. The van der Waals surface area contributed by atoms with Crippen LogP contribution in [0.25, 0.3) is 0 Å². The normalized spacial score (nSPS) is 38.3. The van der Waals surface area contributed by atoms with Crippen LogP contribution >= 0.6 is 12.4 Å². The van der Waals surface area contributed by atoms with Crippen LogP contribution in [0.2, 0.25) is 0 Å². The van der Waals surface area contributed by atoms with Crippen LogP contribution in [0.1, 0.15) is 43.2 Å². The first-order valence-corrected chi connectivity index (χ1v) is 9.56. The van der Waals surface area contributed by atoms with Crippen LogP contribution in [-0.2, 0) is 16.6 Å². The number of carbonyl (C=O) groups is 1. The molecule has 2 bridgehead atoms. The van der Waals surface area contributed by atoms with E-state index in [2.05, 4.69) is 4.90 Å². The second-order valence-corrected chi connectivity index (χ2v) is 8.72. The highest BCUT2D eigenvalue weighted by Crippen LogP contribution is 2.64. The number of hydrogen-bond donors (Lipinski definition) is 2. The summed E-state index contributed by atoms with van der Waals surface area (Å²) >= 11 is 0. The number of ether oxygens (including phenoxy) is 1. The molecule has 5 aliphatic rings. The van der Waals surface area contributed by atoms with Gasteiger partial charge >= 0.3 is 0 Å². The van der Waals surface area contributed by atoms with Gasteiger partial charge in [-0.2, -0.15) is 0 Å². The first kappa shape index (κ1) is 19.0. The van der Waals surface area contributed by atoms with Crippen LogP contribution < -0.4 is 4.74 Å². The molecule has 4 atom stereocenters. The fourth-order valence-electron chi connectivity index (χ4n) is 6.26. The summed E-state index contributed by atoms with van der Waals surface area (Å²) in [6, 6.07) is 3.69. The lowest BCUT2D eigenvalue weighted by atomic mass is 9.49. The number of ketones is 1. The molecule has 0 aromatic heterocycles. The average Bonchev–Trinajstić information content (AvgIpc) is 3.32. The van der Waals surface area contributed by atoms with Gasteiger partial charge in [-0.05, 0) is 56.2 Å². The van der Waals surface area contributed by atoms with Crippen molar-refractivity contribution < 1.29 is 25.2 Å². The largest absolute Gasteiger partial charge is 0.504 e. The van der Waals surface area contributed by atoms with E-state index in [1.165, 1.54) is 12.8 Å². The molecular formula is C20H26ClNO5. The molecule has 6 nitrogen and oxygen atoms in total. The topological polar surface area (TPSA) is 102 Å². The third kappa shape index (κ3) is 2.10. The van der Waals surface area contributed by atoms with Gasteiger partial charge in [0.05, 0.1) is 11.0 Å². The van der Waals surface area contributed by atoms with Gasteiger partial charge in [-0.15, -0.1) is 12.4 Å². The van der Waals surface area contributed by atoms with E-state index in [0.717, 1.165) is 43.0 Å². The van der Waals surface area contributed by atoms with Gasteiger partial charge in [0.25, 0.3) is 0 Å². The predicted molar refractivity (Wildman–Crippen MR) is 101 cm³/mol. The number of nitrogens with zero attached hydrogens (tertiary/aromatic N) is 1.